The minimum absolute atomic E-state index is 0.00392. The summed E-state index contributed by atoms with van der Waals surface area (Å²) in [5.74, 6) is -1.38. The van der Waals surface area contributed by atoms with Crippen molar-refractivity contribution in [1.29, 1.82) is 5.26 Å². The highest BCUT2D eigenvalue weighted by Gasteiger charge is 2.37. The second-order valence-corrected chi connectivity index (χ2v) is 10.4. The Hall–Kier alpha value is -2.43. The predicted octanol–water partition coefficient (Wildman–Crippen LogP) is 3.11. The predicted molar refractivity (Wildman–Crippen MR) is 146 cm³/mol. The summed E-state index contributed by atoms with van der Waals surface area (Å²) in [5, 5.41) is 10.2. The molecule has 33 heavy (non-hydrogen) atoms. The molecule has 4 rings (SSSR count). The van der Waals surface area contributed by atoms with E-state index in [1.807, 2.05) is 48.5 Å². The molecule has 0 aliphatic carbocycles. The average molecular weight is 681 g/mol. The lowest BCUT2D eigenvalue weighted by molar-refractivity contribution is -0.138. The molecule has 1 atom stereocenters. The summed E-state index contributed by atoms with van der Waals surface area (Å²) >= 11 is 5.57. The quantitative estimate of drug-likeness (QED) is 0.338. The van der Waals surface area contributed by atoms with Gasteiger partial charge < -0.3 is 10.5 Å². The molecule has 2 heterocycles. The van der Waals surface area contributed by atoms with Crippen LogP contribution in [0.2, 0.25) is 0 Å². The molecule has 0 spiro atoms. The van der Waals surface area contributed by atoms with Gasteiger partial charge in [-0.1, -0.05) is 36.4 Å². The number of halogens is 2. The number of nitrogens with zero attached hydrogens (tertiary/aromatic N) is 2. The zero-order valence-electron chi connectivity index (χ0n) is 17.3. The summed E-state index contributed by atoms with van der Waals surface area (Å²) in [7, 11) is 0. The largest absolute Gasteiger partial charge is 0.463 e. The molecule has 3 aromatic rings. The molecule has 1 aromatic heterocycles. The molecule has 0 amide bonds. The van der Waals surface area contributed by atoms with Crippen LogP contribution in [-0.2, 0) is 9.53 Å². The Kier molecular flexibility index (Phi) is 7.06. The first-order valence-electron chi connectivity index (χ1n) is 9.93. The number of carbonyl (C=O) groups excluding carboxylic acids is 1. The van der Waals surface area contributed by atoms with Crippen LogP contribution >= 0.6 is 56.5 Å². The number of aromatic nitrogens is 1. The van der Waals surface area contributed by atoms with E-state index in [1.54, 1.807) is 13.0 Å². The van der Waals surface area contributed by atoms with Crippen molar-refractivity contribution in [2.75, 3.05) is 6.61 Å². The Morgan fingerprint density at radius 3 is 2.52 bits per heavy atom. The summed E-state index contributed by atoms with van der Waals surface area (Å²) in [6, 6.07) is 17.4. The van der Waals surface area contributed by atoms with Gasteiger partial charge >= 0.3 is 5.97 Å². The number of carbonyl (C=O) groups is 1. The topological polar surface area (TPSA) is 98.1 Å². The Balaban J connectivity index is 2.11. The number of esters is 1. The molecule has 1 aliphatic heterocycles. The molecule has 0 bridgehead atoms. The van der Waals surface area contributed by atoms with E-state index in [2.05, 4.69) is 51.3 Å². The molecule has 1 aliphatic rings. The van der Waals surface area contributed by atoms with Crippen molar-refractivity contribution in [3.05, 3.63) is 91.9 Å². The first kappa shape index (κ1) is 23.7. The van der Waals surface area contributed by atoms with Crippen molar-refractivity contribution >= 4 is 80.0 Å². The standard InChI is InChI=1S/C24H17I2N3O3S/c1-2-32-24(31)20-19(14-8-4-6-10-17(14)26)15(12-27)23-29(21(20)28)22(30)18(33-23)11-13-7-3-5-9-16(13)25/h3-11,19H,2,28H2,1H3/b18-11-. The van der Waals surface area contributed by atoms with Gasteiger partial charge in [0, 0.05) is 7.14 Å². The average Bonchev–Trinajstić information content (AvgIpc) is 3.12. The minimum atomic E-state index is -0.732. The fourth-order valence-electron chi connectivity index (χ4n) is 3.71. The molecule has 2 N–H and O–H groups in total. The zero-order valence-corrected chi connectivity index (χ0v) is 22.5. The summed E-state index contributed by atoms with van der Waals surface area (Å²) < 4.78 is 9.27. The van der Waals surface area contributed by atoms with Crippen LogP contribution in [0.4, 0.5) is 0 Å². The number of rotatable bonds is 4. The number of nitriles is 1. The van der Waals surface area contributed by atoms with E-state index in [9.17, 15) is 14.9 Å². The van der Waals surface area contributed by atoms with E-state index in [1.165, 1.54) is 15.9 Å². The highest BCUT2D eigenvalue weighted by Crippen LogP contribution is 2.38. The third-order valence-electron chi connectivity index (χ3n) is 5.17. The number of benzene rings is 2. The highest BCUT2D eigenvalue weighted by molar-refractivity contribution is 14.1. The normalized spacial score (nSPS) is 15.9. The van der Waals surface area contributed by atoms with Crippen molar-refractivity contribution in [1.82, 2.24) is 4.57 Å². The van der Waals surface area contributed by atoms with E-state index in [4.69, 9.17) is 10.5 Å². The van der Waals surface area contributed by atoms with Gasteiger partial charge in [-0.15, -0.1) is 11.3 Å². The molecule has 2 aromatic carbocycles. The van der Waals surface area contributed by atoms with Crippen LogP contribution < -0.4 is 20.5 Å². The maximum Gasteiger partial charge on any atom is 0.338 e. The molecule has 9 heteroatoms. The van der Waals surface area contributed by atoms with Crippen LogP contribution in [0.25, 0.3) is 17.5 Å². The van der Waals surface area contributed by atoms with Crippen LogP contribution in [-0.4, -0.2) is 17.1 Å². The molecule has 6 nitrogen and oxygen atoms in total. The molecule has 0 radical (unpaired) electrons. The minimum Gasteiger partial charge on any atom is -0.463 e. The van der Waals surface area contributed by atoms with Crippen LogP contribution in [0.5, 0.6) is 0 Å². The van der Waals surface area contributed by atoms with E-state index in [0.29, 0.717) is 14.8 Å². The van der Waals surface area contributed by atoms with Crippen LogP contribution in [0.1, 0.15) is 24.0 Å². The van der Waals surface area contributed by atoms with E-state index in [-0.39, 0.29) is 23.6 Å². The van der Waals surface area contributed by atoms with Crippen molar-refractivity contribution < 1.29 is 9.53 Å². The second-order valence-electron chi connectivity index (χ2n) is 7.08. The van der Waals surface area contributed by atoms with Gasteiger partial charge in [0.15, 0.2) is 0 Å². The van der Waals surface area contributed by atoms with Gasteiger partial charge in [0.05, 0.1) is 34.3 Å². The van der Waals surface area contributed by atoms with E-state index < -0.39 is 11.9 Å². The number of hydrogen-bond donors (Lipinski definition) is 1. The Morgan fingerprint density at radius 1 is 1.21 bits per heavy atom. The second kappa shape index (κ2) is 9.82. The number of fused-ring (bicyclic) bond motifs is 1. The fourth-order valence-corrected chi connectivity index (χ4v) is 6.08. The summed E-state index contributed by atoms with van der Waals surface area (Å²) in [4.78, 5) is 26.4. The molecule has 0 saturated carbocycles. The lowest BCUT2D eigenvalue weighted by Crippen LogP contribution is -2.40. The first-order chi connectivity index (χ1) is 15.9. The zero-order chi connectivity index (χ0) is 23.7. The van der Waals surface area contributed by atoms with Crippen molar-refractivity contribution in [2.45, 2.75) is 12.8 Å². The molecule has 0 fully saturated rings. The molecule has 1 unspecified atom stereocenters. The SMILES string of the molecule is CCOC(=O)C1=C(N)n2c(s/c(=C\c3ccccc3I)c2=O)=C(C#N)C1c1ccccc1I. The van der Waals surface area contributed by atoms with Crippen LogP contribution in [0, 0.1) is 18.5 Å². The third kappa shape index (κ3) is 4.27. The van der Waals surface area contributed by atoms with Gasteiger partial charge in [0.2, 0.25) is 0 Å². The summed E-state index contributed by atoms with van der Waals surface area (Å²) in [6.07, 6.45) is 1.79. The summed E-state index contributed by atoms with van der Waals surface area (Å²) in [6.45, 7) is 1.84. The highest BCUT2D eigenvalue weighted by atomic mass is 127. The van der Waals surface area contributed by atoms with Gasteiger partial charge in [-0.2, -0.15) is 5.26 Å². The van der Waals surface area contributed by atoms with Crippen molar-refractivity contribution in [3.63, 3.8) is 0 Å². The monoisotopic (exact) mass is 681 g/mol. The number of ether oxygens (including phenoxy) is 1. The number of thiazole rings is 1. The van der Waals surface area contributed by atoms with Gasteiger partial charge in [-0.3, -0.25) is 9.36 Å². The number of hydrogen-bond acceptors (Lipinski definition) is 6. The maximum atomic E-state index is 13.4. The smallest absolute Gasteiger partial charge is 0.338 e. The van der Waals surface area contributed by atoms with Crippen molar-refractivity contribution in [2.24, 2.45) is 5.73 Å². The van der Waals surface area contributed by atoms with Gasteiger partial charge in [0.25, 0.3) is 5.56 Å². The fraction of sp³-hybridized carbons (Fsp3) is 0.125. The van der Waals surface area contributed by atoms with Crippen LogP contribution in [0.3, 0.4) is 0 Å². The molecular formula is C24H17I2N3O3S. The van der Waals surface area contributed by atoms with Gasteiger partial charge in [-0.05, 0) is 81.4 Å². The molecule has 0 saturated heterocycles. The van der Waals surface area contributed by atoms with Crippen LogP contribution in [0.15, 0.2) is 58.9 Å². The molecule has 166 valence electrons. The lowest BCUT2D eigenvalue weighted by Gasteiger charge is -2.25. The Morgan fingerprint density at radius 2 is 1.88 bits per heavy atom. The van der Waals surface area contributed by atoms with Gasteiger partial charge in [0.1, 0.15) is 10.5 Å². The van der Waals surface area contributed by atoms with Gasteiger partial charge in [-0.25, -0.2) is 4.79 Å². The van der Waals surface area contributed by atoms with E-state index >= 15 is 0 Å². The lowest BCUT2D eigenvalue weighted by atomic mass is 9.84. The Labute approximate surface area is 221 Å². The maximum absolute atomic E-state index is 13.4. The third-order valence-corrected chi connectivity index (χ3v) is 8.25. The summed E-state index contributed by atoms with van der Waals surface area (Å²) in [5.41, 5.74) is 8.13. The first-order valence-corrected chi connectivity index (χ1v) is 12.9. The molecular weight excluding hydrogens is 664 g/mol. The Bertz CT molecular complexity index is 1530. The van der Waals surface area contributed by atoms with Crippen molar-refractivity contribution in [3.8, 4) is 6.07 Å². The van der Waals surface area contributed by atoms with E-state index in [0.717, 1.165) is 18.3 Å². The number of nitrogens with two attached hydrogens (primary N) is 1.